The summed E-state index contributed by atoms with van der Waals surface area (Å²) < 4.78 is 1.84. The van der Waals surface area contributed by atoms with Crippen molar-refractivity contribution in [3.8, 4) is 0 Å². The van der Waals surface area contributed by atoms with Crippen LogP contribution in [0.15, 0.2) is 48.8 Å². The van der Waals surface area contributed by atoms with Crippen molar-refractivity contribution in [1.82, 2.24) is 4.57 Å². The molecule has 0 aliphatic carbocycles. The summed E-state index contributed by atoms with van der Waals surface area (Å²) >= 11 is 0. The normalized spacial score (nSPS) is 11.4. The molecule has 0 bridgehead atoms. The van der Waals surface area contributed by atoms with E-state index in [0.29, 0.717) is 18.2 Å². The molecule has 2 aromatic rings. The van der Waals surface area contributed by atoms with E-state index in [1.54, 1.807) is 18.5 Å². The van der Waals surface area contributed by atoms with Crippen LogP contribution < -0.4 is 0 Å². The lowest BCUT2D eigenvalue weighted by Crippen LogP contribution is -2.09. The number of hydrogen-bond acceptors (Lipinski definition) is 3. The molecule has 0 saturated carbocycles. The summed E-state index contributed by atoms with van der Waals surface area (Å²) in [5.41, 5.74) is 2.68. The van der Waals surface area contributed by atoms with Gasteiger partial charge in [-0.15, -0.1) is 0 Å². The fourth-order valence-electron chi connectivity index (χ4n) is 1.86. The maximum atomic E-state index is 11.0. The third-order valence-electron chi connectivity index (χ3n) is 3.01. The average Bonchev–Trinajstić information content (AvgIpc) is 2.90. The van der Waals surface area contributed by atoms with Crippen molar-refractivity contribution in [2.45, 2.75) is 13.5 Å². The Morgan fingerprint density at radius 1 is 1.14 bits per heavy atom. The Bertz CT molecular complexity index is 695. The maximum absolute atomic E-state index is 11.0. The van der Waals surface area contributed by atoms with Crippen LogP contribution in [-0.2, 0) is 16.1 Å². The van der Waals surface area contributed by atoms with E-state index in [-0.39, 0.29) is 5.76 Å². The minimum atomic E-state index is -1.60. The Kier molecular flexibility index (Phi) is 4.23. The van der Waals surface area contributed by atoms with Gasteiger partial charge in [0.05, 0.1) is 0 Å². The maximum Gasteiger partial charge on any atom is 0.376 e. The van der Waals surface area contributed by atoms with Gasteiger partial charge in [-0.1, -0.05) is 29.8 Å². The standard InChI is InChI=1S/C16H15NO4/c1-11-2-4-12(5-3-11)9-17-7-6-13(10-17)14(18)8-15(19)16(20)21/h2-8,10,18H,9H2,1H3,(H,20,21). The minimum absolute atomic E-state index is 0.356. The van der Waals surface area contributed by atoms with Crippen LogP contribution >= 0.6 is 0 Å². The number of aliphatic carboxylic acids is 1. The van der Waals surface area contributed by atoms with Crippen LogP contribution in [0.5, 0.6) is 0 Å². The molecule has 0 aliphatic heterocycles. The molecule has 5 nitrogen and oxygen atoms in total. The van der Waals surface area contributed by atoms with Crippen LogP contribution in [0.2, 0.25) is 0 Å². The van der Waals surface area contributed by atoms with Gasteiger partial charge in [-0.3, -0.25) is 4.79 Å². The number of carboxylic acids is 1. The molecule has 108 valence electrons. The van der Waals surface area contributed by atoms with E-state index in [1.165, 1.54) is 5.56 Å². The number of ketones is 1. The second-order valence-corrected chi connectivity index (χ2v) is 4.76. The Morgan fingerprint density at radius 2 is 1.81 bits per heavy atom. The van der Waals surface area contributed by atoms with Gasteiger partial charge in [-0.2, -0.15) is 0 Å². The van der Waals surface area contributed by atoms with Gasteiger partial charge in [-0.05, 0) is 18.6 Å². The highest BCUT2D eigenvalue weighted by atomic mass is 16.4. The van der Waals surface area contributed by atoms with Gasteiger partial charge in [0.15, 0.2) is 0 Å². The highest BCUT2D eigenvalue weighted by Crippen LogP contribution is 2.14. The highest BCUT2D eigenvalue weighted by Gasteiger charge is 2.11. The van der Waals surface area contributed by atoms with Gasteiger partial charge in [0.25, 0.3) is 5.78 Å². The number of carbonyl (C=O) groups is 2. The molecule has 1 aromatic carbocycles. The molecule has 0 unspecified atom stereocenters. The van der Waals surface area contributed by atoms with Gasteiger partial charge >= 0.3 is 5.97 Å². The van der Waals surface area contributed by atoms with Crippen molar-refractivity contribution in [1.29, 1.82) is 0 Å². The Balaban J connectivity index is 2.12. The van der Waals surface area contributed by atoms with Crippen LogP contribution in [0.25, 0.3) is 5.76 Å². The van der Waals surface area contributed by atoms with Crippen molar-refractivity contribution in [3.05, 3.63) is 65.5 Å². The Hall–Kier alpha value is -2.82. The second kappa shape index (κ2) is 6.09. The highest BCUT2D eigenvalue weighted by molar-refractivity contribution is 6.38. The molecule has 0 fully saturated rings. The van der Waals surface area contributed by atoms with E-state index < -0.39 is 11.8 Å². The summed E-state index contributed by atoms with van der Waals surface area (Å²) in [4.78, 5) is 21.4. The predicted octanol–water partition coefficient (Wildman–Crippen LogP) is 2.40. The van der Waals surface area contributed by atoms with Crippen molar-refractivity contribution in [2.24, 2.45) is 0 Å². The lowest BCUT2D eigenvalue weighted by molar-refractivity contribution is -0.146. The zero-order valence-electron chi connectivity index (χ0n) is 11.5. The van der Waals surface area contributed by atoms with E-state index >= 15 is 0 Å². The monoisotopic (exact) mass is 285 g/mol. The Morgan fingerprint density at radius 3 is 2.43 bits per heavy atom. The van der Waals surface area contributed by atoms with Gasteiger partial charge in [-0.25, -0.2) is 4.79 Å². The average molecular weight is 285 g/mol. The molecule has 5 heteroatoms. The van der Waals surface area contributed by atoms with Crippen molar-refractivity contribution >= 4 is 17.5 Å². The number of hydrogen-bond donors (Lipinski definition) is 2. The predicted molar refractivity (Wildman–Crippen MR) is 78.0 cm³/mol. The van der Waals surface area contributed by atoms with Crippen molar-refractivity contribution in [3.63, 3.8) is 0 Å². The summed E-state index contributed by atoms with van der Waals surface area (Å²) in [6.07, 6.45) is 4.11. The molecule has 2 N–H and O–H groups in total. The van der Waals surface area contributed by atoms with Gasteiger partial charge in [0, 0.05) is 30.6 Å². The summed E-state index contributed by atoms with van der Waals surface area (Å²) in [7, 11) is 0. The minimum Gasteiger partial charge on any atom is -0.507 e. The molecule has 2 rings (SSSR count). The van der Waals surface area contributed by atoms with Gasteiger partial charge < -0.3 is 14.8 Å². The lowest BCUT2D eigenvalue weighted by Gasteiger charge is -2.03. The quantitative estimate of drug-likeness (QED) is 0.502. The first-order valence-electron chi connectivity index (χ1n) is 6.35. The fourth-order valence-corrected chi connectivity index (χ4v) is 1.86. The number of aliphatic hydroxyl groups excluding tert-OH is 1. The van der Waals surface area contributed by atoms with Crippen LogP contribution in [0, 0.1) is 6.92 Å². The third-order valence-corrected chi connectivity index (χ3v) is 3.01. The molecule has 0 aliphatic rings. The molecule has 1 heterocycles. The number of carboxylic acid groups (broad SMARTS) is 1. The molecular formula is C16H15NO4. The number of aromatic nitrogens is 1. The van der Waals surface area contributed by atoms with E-state index in [1.807, 2.05) is 35.8 Å². The third kappa shape index (κ3) is 3.82. The van der Waals surface area contributed by atoms with E-state index in [0.717, 1.165) is 5.56 Å². The first-order valence-corrected chi connectivity index (χ1v) is 6.35. The molecule has 0 spiro atoms. The summed E-state index contributed by atoms with van der Waals surface area (Å²) in [6, 6.07) is 9.68. The fraction of sp³-hybridized carbons (Fsp3) is 0.125. The first kappa shape index (κ1) is 14.6. The van der Waals surface area contributed by atoms with Crippen molar-refractivity contribution < 1.29 is 19.8 Å². The molecule has 0 radical (unpaired) electrons. The molecule has 0 saturated heterocycles. The SMILES string of the molecule is Cc1ccc(Cn2ccc(C(O)=CC(=O)C(=O)O)c2)cc1. The number of nitrogens with zero attached hydrogens (tertiary/aromatic N) is 1. The summed E-state index contributed by atoms with van der Waals surface area (Å²) in [6.45, 7) is 2.64. The number of rotatable bonds is 5. The molecule has 21 heavy (non-hydrogen) atoms. The zero-order chi connectivity index (χ0) is 15.4. The smallest absolute Gasteiger partial charge is 0.376 e. The van der Waals surface area contributed by atoms with Gasteiger partial charge in [0.2, 0.25) is 0 Å². The second-order valence-electron chi connectivity index (χ2n) is 4.76. The number of carbonyl (C=O) groups excluding carboxylic acids is 1. The van der Waals surface area contributed by atoms with Gasteiger partial charge in [0.1, 0.15) is 5.76 Å². The number of aryl methyl sites for hydroxylation is 1. The lowest BCUT2D eigenvalue weighted by atomic mass is 10.1. The largest absolute Gasteiger partial charge is 0.507 e. The zero-order valence-corrected chi connectivity index (χ0v) is 11.5. The summed E-state index contributed by atoms with van der Waals surface area (Å²) in [5.74, 6) is -3.11. The van der Waals surface area contributed by atoms with Crippen LogP contribution in [0.4, 0.5) is 0 Å². The molecular weight excluding hydrogens is 270 g/mol. The van der Waals surface area contributed by atoms with Crippen LogP contribution in [0.1, 0.15) is 16.7 Å². The van der Waals surface area contributed by atoms with Crippen LogP contribution in [-0.4, -0.2) is 26.5 Å². The van der Waals surface area contributed by atoms with E-state index in [4.69, 9.17) is 5.11 Å². The molecule has 1 aromatic heterocycles. The number of aliphatic hydroxyl groups is 1. The topological polar surface area (TPSA) is 79.5 Å². The molecule has 0 amide bonds. The summed E-state index contributed by atoms with van der Waals surface area (Å²) in [5, 5.41) is 18.2. The number of benzene rings is 1. The van der Waals surface area contributed by atoms with Crippen LogP contribution in [0.3, 0.4) is 0 Å². The molecule has 0 atom stereocenters. The van der Waals surface area contributed by atoms with Crippen molar-refractivity contribution in [2.75, 3.05) is 0 Å². The van der Waals surface area contributed by atoms with E-state index in [9.17, 15) is 14.7 Å². The van der Waals surface area contributed by atoms with E-state index in [2.05, 4.69) is 0 Å². The Labute approximate surface area is 121 Å². The first-order chi connectivity index (χ1) is 9.95.